The second-order valence-corrected chi connectivity index (χ2v) is 4.25. The number of aliphatic hydroxyl groups is 1. The van der Waals surface area contributed by atoms with E-state index < -0.39 is 5.60 Å². The summed E-state index contributed by atoms with van der Waals surface area (Å²) in [4.78, 5) is 3.95. The first-order valence-electron chi connectivity index (χ1n) is 5.58. The minimum atomic E-state index is -0.872. The maximum atomic E-state index is 10.3. The molecule has 1 aromatic heterocycles. The van der Waals surface area contributed by atoms with Crippen molar-refractivity contribution in [1.29, 1.82) is 5.26 Å². The predicted molar refractivity (Wildman–Crippen MR) is 62.4 cm³/mol. The van der Waals surface area contributed by atoms with Gasteiger partial charge in [0.2, 0.25) is 0 Å². The van der Waals surface area contributed by atoms with E-state index >= 15 is 0 Å². The van der Waals surface area contributed by atoms with Crippen LogP contribution in [0.3, 0.4) is 0 Å². The summed E-state index contributed by atoms with van der Waals surface area (Å²) in [6.07, 6.45) is 3.56. The zero-order valence-electron chi connectivity index (χ0n) is 9.68. The molecule has 0 saturated carbocycles. The highest BCUT2D eigenvalue weighted by molar-refractivity contribution is 5.55. The number of rotatable bonds is 3. The fraction of sp³-hybridized carbons (Fsp3) is 0.500. The Balaban J connectivity index is 2.05. The van der Waals surface area contributed by atoms with Gasteiger partial charge in [-0.05, 0) is 13.0 Å². The van der Waals surface area contributed by atoms with E-state index in [1.807, 2.05) is 6.92 Å². The maximum Gasteiger partial charge on any atom is 0.110 e. The van der Waals surface area contributed by atoms with Crippen molar-refractivity contribution in [2.45, 2.75) is 25.0 Å². The summed E-state index contributed by atoms with van der Waals surface area (Å²) in [5.41, 5.74) is 0.292. The molecule has 2 heterocycles. The summed E-state index contributed by atoms with van der Waals surface area (Å²) in [6.45, 7) is 2.77. The monoisotopic (exact) mass is 233 g/mol. The average Bonchev–Trinajstić information content (AvgIpc) is 2.68. The van der Waals surface area contributed by atoms with Crippen LogP contribution in [0, 0.1) is 11.3 Å². The Hall–Kier alpha value is -1.64. The standard InChI is InChI=1S/C12H15N3O2/c1-9-12(16,3-5-17-9)8-15-11-7-14-4-2-10(11)6-13/h2,4,7,9,15-16H,3,5,8H2,1H3. The molecule has 0 aromatic carbocycles. The number of hydrogen-bond acceptors (Lipinski definition) is 5. The molecule has 0 bridgehead atoms. The fourth-order valence-corrected chi connectivity index (χ4v) is 1.88. The lowest BCUT2D eigenvalue weighted by Crippen LogP contribution is -2.43. The van der Waals surface area contributed by atoms with E-state index in [0.717, 1.165) is 0 Å². The maximum absolute atomic E-state index is 10.3. The van der Waals surface area contributed by atoms with Gasteiger partial charge in [0.1, 0.15) is 11.7 Å². The Kier molecular flexibility index (Phi) is 3.27. The van der Waals surface area contributed by atoms with Gasteiger partial charge in [0.25, 0.3) is 0 Å². The SMILES string of the molecule is CC1OCCC1(O)CNc1cnccc1C#N. The molecule has 1 aliphatic heterocycles. The molecule has 1 aliphatic rings. The third-order valence-corrected chi connectivity index (χ3v) is 3.19. The lowest BCUT2D eigenvalue weighted by Gasteiger charge is -2.26. The molecule has 2 N–H and O–H groups in total. The van der Waals surface area contributed by atoms with E-state index in [1.165, 1.54) is 0 Å². The number of anilines is 1. The lowest BCUT2D eigenvalue weighted by molar-refractivity contribution is -0.0175. The highest BCUT2D eigenvalue weighted by atomic mass is 16.5. The first kappa shape index (κ1) is 11.8. The first-order chi connectivity index (χ1) is 8.15. The Morgan fingerprint density at radius 3 is 3.24 bits per heavy atom. The largest absolute Gasteiger partial charge is 0.385 e. The van der Waals surface area contributed by atoms with E-state index in [2.05, 4.69) is 16.4 Å². The average molecular weight is 233 g/mol. The molecule has 0 amide bonds. The molecule has 2 unspecified atom stereocenters. The minimum absolute atomic E-state index is 0.197. The Labute approximate surface area is 100 Å². The van der Waals surface area contributed by atoms with Crippen molar-refractivity contribution in [3.63, 3.8) is 0 Å². The normalized spacial score (nSPS) is 27.7. The highest BCUT2D eigenvalue weighted by Crippen LogP contribution is 2.26. The Morgan fingerprint density at radius 1 is 1.76 bits per heavy atom. The van der Waals surface area contributed by atoms with Crippen molar-refractivity contribution in [1.82, 2.24) is 4.98 Å². The summed E-state index contributed by atoms with van der Waals surface area (Å²) >= 11 is 0. The summed E-state index contributed by atoms with van der Waals surface area (Å²) in [5.74, 6) is 0. The molecule has 1 fully saturated rings. The molecule has 2 rings (SSSR count). The topological polar surface area (TPSA) is 78.2 Å². The molecule has 1 aromatic rings. The number of aromatic nitrogens is 1. The molecule has 5 nitrogen and oxygen atoms in total. The lowest BCUT2D eigenvalue weighted by atomic mass is 9.96. The second-order valence-electron chi connectivity index (χ2n) is 4.25. The van der Waals surface area contributed by atoms with Crippen LogP contribution < -0.4 is 5.32 Å². The molecule has 2 atom stereocenters. The summed E-state index contributed by atoms with van der Waals surface area (Å²) in [5, 5.41) is 22.3. The van der Waals surface area contributed by atoms with Crippen LogP contribution in [0.25, 0.3) is 0 Å². The van der Waals surface area contributed by atoms with Crippen molar-refractivity contribution < 1.29 is 9.84 Å². The van der Waals surface area contributed by atoms with Crippen molar-refractivity contribution in [2.75, 3.05) is 18.5 Å². The van der Waals surface area contributed by atoms with Gasteiger partial charge in [0.05, 0.1) is 23.6 Å². The number of ether oxygens (including phenoxy) is 1. The van der Waals surface area contributed by atoms with Crippen LogP contribution in [0.4, 0.5) is 5.69 Å². The number of hydrogen-bond donors (Lipinski definition) is 2. The second kappa shape index (κ2) is 4.70. The van der Waals surface area contributed by atoms with E-state index in [-0.39, 0.29) is 6.10 Å². The van der Waals surface area contributed by atoms with E-state index in [0.29, 0.717) is 30.8 Å². The van der Waals surface area contributed by atoms with Gasteiger partial charge in [0.15, 0.2) is 0 Å². The molecule has 0 spiro atoms. The van der Waals surface area contributed by atoms with Crippen molar-refractivity contribution >= 4 is 5.69 Å². The Morgan fingerprint density at radius 2 is 2.59 bits per heavy atom. The third-order valence-electron chi connectivity index (χ3n) is 3.19. The fourth-order valence-electron chi connectivity index (χ4n) is 1.88. The van der Waals surface area contributed by atoms with Gasteiger partial charge in [-0.25, -0.2) is 0 Å². The number of nitrogens with one attached hydrogen (secondary N) is 1. The number of nitrogens with zero attached hydrogens (tertiary/aromatic N) is 2. The van der Waals surface area contributed by atoms with Crippen molar-refractivity contribution in [3.8, 4) is 6.07 Å². The molecule has 17 heavy (non-hydrogen) atoms. The van der Waals surface area contributed by atoms with Gasteiger partial charge in [-0.3, -0.25) is 4.98 Å². The first-order valence-corrected chi connectivity index (χ1v) is 5.58. The van der Waals surface area contributed by atoms with Crippen LogP contribution in [0.15, 0.2) is 18.5 Å². The van der Waals surface area contributed by atoms with Gasteiger partial charge in [-0.2, -0.15) is 5.26 Å². The summed E-state index contributed by atoms with van der Waals surface area (Å²) in [6, 6.07) is 3.72. The number of nitriles is 1. The van der Waals surface area contributed by atoms with E-state index in [1.54, 1.807) is 18.5 Å². The van der Waals surface area contributed by atoms with Gasteiger partial charge in [-0.15, -0.1) is 0 Å². The van der Waals surface area contributed by atoms with E-state index in [4.69, 9.17) is 10.00 Å². The molecular weight excluding hydrogens is 218 g/mol. The smallest absolute Gasteiger partial charge is 0.110 e. The molecule has 90 valence electrons. The zero-order valence-corrected chi connectivity index (χ0v) is 9.68. The molecule has 0 radical (unpaired) electrons. The zero-order chi connectivity index (χ0) is 12.3. The van der Waals surface area contributed by atoms with Crippen LogP contribution in [0.5, 0.6) is 0 Å². The molecule has 1 saturated heterocycles. The quantitative estimate of drug-likeness (QED) is 0.811. The van der Waals surface area contributed by atoms with Crippen LogP contribution >= 0.6 is 0 Å². The summed E-state index contributed by atoms with van der Waals surface area (Å²) in [7, 11) is 0. The van der Waals surface area contributed by atoms with Gasteiger partial charge in [0, 0.05) is 25.8 Å². The van der Waals surface area contributed by atoms with Gasteiger partial charge in [-0.1, -0.05) is 0 Å². The molecule has 0 aliphatic carbocycles. The van der Waals surface area contributed by atoms with Crippen molar-refractivity contribution in [3.05, 3.63) is 24.0 Å². The van der Waals surface area contributed by atoms with Crippen LogP contribution in [-0.2, 0) is 4.74 Å². The number of pyridine rings is 1. The molecular formula is C12H15N3O2. The van der Waals surface area contributed by atoms with Gasteiger partial charge >= 0.3 is 0 Å². The minimum Gasteiger partial charge on any atom is -0.385 e. The predicted octanol–water partition coefficient (Wildman–Crippen LogP) is 0.905. The van der Waals surface area contributed by atoms with E-state index in [9.17, 15) is 5.11 Å². The third kappa shape index (κ3) is 2.38. The Bertz CT molecular complexity index is 444. The van der Waals surface area contributed by atoms with Crippen molar-refractivity contribution in [2.24, 2.45) is 0 Å². The van der Waals surface area contributed by atoms with Gasteiger partial charge < -0.3 is 15.2 Å². The van der Waals surface area contributed by atoms with Crippen LogP contribution in [-0.4, -0.2) is 34.9 Å². The molecule has 5 heteroatoms. The van der Waals surface area contributed by atoms with Crippen LogP contribution in [0.1, 0.15) is 18.9 Å². The highest BCUT2D eigenvalue weighted by Gasteiger charge is 2.39. The van der Waals surface area contributed by atoms with Crippen LogP contribution in [0.2, 0.25) is 0 Å². The summed E-state index contributed by atoms with van der Waals surface area (Å²) < 4.78 is 5.34.